The predicted molar refractivity (Wildman–Crippen MR) is 74.0 cm³/mol. The van der Waals surface area contributed by atoms with Crippen molar-refractivity contribution >= 4 is 15.9 Å². The molecule has 0 N–H and O–H groups in total. The van der Waals surface area contributed by atoms with Crippen LogP contribution in [0.2, 0.25) is 0 Å². The van der Waals surface area contributed by atoms with Crippen molar-refractivity contribution in [1.82, 2.24) is 0 Å². The zero-order valence-electron chi connectivity index (χ0n) is 11.0. The van der Waals surface area contributed by atoms with Gasteiger partial charge in [-0.1, -0.05) is 22.0 Å². The first kappa shape index (κ1) is 13.2. The molecule has 0 saturated carbocycles. The van der Waals surface area contributed by atoms with Crippen LogP contribution in [-0.2, 0) is 15.3 Å². The van der Waals surface area contributed by atoms with E-state index in [2.05, 4.69) is 15.9 Å². The summed E-state index contributed by atoms with van der Waals surface area (Å²) in [6.07, 6.45) is 0.877. The topological polar surface area (TPSA) is 36.9 Å². The number of benzene rings is 1. The Balaban J connectivity index is 2.14. The molecule has 3 rings (SSSR count). The van der Waals surface area contributed by atoms with E-state index >= 15 is 0 Å². The van der Waals surface area contributed by atoms with Gasteiger partial charge < -0.3 is 18.9 Å². The number of alkyl halides is 1. The normalized spacial score (nSPS) is 33.6. The van der Waals surface area contributed by atoms with Crippen molar-refractivity contribution in [2.75, 3.05) is 20.3 Å². The minimum Gasteiger partial charge on any atom is -0.493 e. The molecule has 1 aromatic carbocycles. The van der Waals surface area contributed by atoms with Crippen LogP contribution < -0.4 is 9.47 Å². The van der Waals surface area contributed by atoms with Crippen molar-refractivity contribution in [2.24, 2.45) is 0 Å². The highest BCUT2D eigenvalue weighted by molar-refractivity contribution is 9.09. The van der Waals surface area contributed by atoms with Crippen LogP contribution in [0.3, 0.4) is 0 Å². The van der Waals surface area contributed by atoms with Gasteiger partial charge in [-0.15, -0.1) is 0 Å². The Morgan fingerprint density at radius 1 is 1.42 bits per heavy atom. The van der Waals surface area contributed by atoms with Crippen LogP contribution in [0.1, 0.15) is 18.9 Å². The van der Waals surface area contributed by atoms with Gasteiger partial charge >= 0.3 is 0 Å². The van der Waals surface area contributed by atoms with Gasteiger partial charge in [-0.05, 0) is 25.5 Å². The summed E-state index contributed by atoms with van der Waals surface area (Å²) in [5.41, 5.74) is 0.899. The van der Waals surface area contributed by atoms with Crippen molar-refractivity contribution in [1.29, 1.82) is 0 Å². The van der Waals surface area contributed by atoms with Gasteiger partial charge in [0, 0.05) is 0 Å². The number of hydrogen-bond acceptors (Lipinski definition) is 4. The predicted octanol–water partition coefficient (Wildman–Crippen LogP) is 2.83. The van der Waals surface area contributed by atoms with Crippen LogP contribution in [0, 0.1) is 0 Å². The second kappa shape index (κ2) is 4.96. The Bertz CT molecular complexity index is 479. The first-order chi connectivity index (χ1) is 9.17. The van der Waals surface area contributed by atoms with Crippen molar-refractivity contribution in [3.05, 3.63) is 23.8 Å². The van der Waals surface area contributed by atoms with Crippen LogP contribution in [0.5, 0.6) is 11.5 Å². The number of fused-ring (bicyclic) bond motifs is 2. The third-order valence-electron chi connectivity index (χ3n) is 3.51. The lowest BCUT2D eigenvalue weighted by molar-refractivity contribution is -0.173. The molecule has 19 heavy (non-hydrogen) atoms. The number of hydrogen-bond donors (Lipinski definition) is 0. The van der Waals surface area contributed by atoms with Crippen LogP contribution in [0.25, 0.3) is 0 Å². The van der Waals surface area contributed by atoms with Crippen molar-refractivity contribution in [2.45, 2.75) is 30.1 Å². The summed E-state index contributed by atoms with van der Waals surface area (Å²) in [7, 11) is 1.64. The fraction of sp³-hybridized carbons (Fsp3) is 0.571. The Hall–Kier alpha value is -0.780. The molecule has 0 radical (unpaired) electrons. The molecule has 2 aliphatic heterocycles. The van der Waals surface area contributed by atoms with Crippen LogP contribution in [0.4, 0.5) is 0 Å². The van der Waals surface area contributed by atoms with E-state index in [-0.39, 0.29) is 10.9 Å². The van der Waals surface area contributed by atoms with Crippen LogP contribution >= 0.6 is 15.9 Å². The van der Waals surface area contributed by atoms with Gasteiger partial charge in [0.1, 0.15) is 0 Å². The highest BCUT2D eigenvalue weighted by Crippen LogP contribution is 2.49. The molecule has 1 saturated heterocycles. The molecule has 1 fully saturated rings. The first-order valence-corrected chi connectivity index (χ1v) is 7.35. The molecule has 104 valence electrons. The van der Waals surface area contributed by atoms with E-state index in [0.717, 1.165) is 17.7 Å². The molecule has 5 heteroatoms. The third-order valence-corrected chi connectivity index (χ3v) is 4.57. The van der Waals surface area contributed by atoms with E-state index in [1.165, 1.54) is 0 Å². The Morgan fingerprint density at radius 2 is 2.26 bits per heavy atom. The van der Waals surface area contributed by atoms with E-state index < -0.39 is 5.79 Å². The van der Waals surface area contributed by atoms with Gasteiger partial charge in [-0.25, -0.2) is 0 Å². The smallest absolute Gasteiger partial charge is 0.212 e. The van der Waals surface area contributed by atoms with Crippen LogP contribution in [0.15, 0.2) is 18.2 Å². The average Bonchev–Trinajstić information content (AvgIpc) is 2.75. The number of para-hydroxylation sites is 1. The SMILES string of the molecule is COc1cccc2c1OCCC(Br)C21OCC(C)O1. The van der Waals surface area contributed by atoms with Gasteiger partial charge in [0.15, 0.2) is 11.5 Å². The van der Waals surface area contributed by atoms with Gasteiger partial charge in [0.05, 0.1) is 36.8 Å². The molecular formula is C14H17BrO4. The molecule has 2 aliphatic rings. The van der Waals surface area contributed by atoms with E-state index in [0.29, 0.717) is 19.0 Å². The second-order valence-corrected chi connectivity index (χ2v) is 5.95. The van der Waals surface area contributed by atoms with Gasteiger partial charge in [0.25, 0.3) is 0 Å². The van der Waals surface area contributed by atoms with Gasteiger partial charge in [0.2, 0.25) is 5.79 Å². The van der Waals surface area contributed by atoms with E-state index in [1.807, 2.05) is 25.1 Å². The van der Waals surface area contributed by atoms with E-state index in [1.54, 1.807) is 7.11 Å². The molecule has 0 aromatic heterocycles. The second-order valence-electron chi connectivity index (χ2n) is 4.85. The van der Waals surface area contributed by atoms with Crippen molar-refractivity contribution < 1.29 is 18.9 Å². The van der Waals surface area contributed by atoms with Crippen molar-refractivity contribution in [3.63, 3.8) is 0 Å². The molecule has 2 heterocycles. The molecule has 1 aromatic rings. The van der Waals surface area contributed by atoms with Crippen LogP contribution in [-0.4, -0.2) is 31.3 Å². The monoisotopic (exact) mass is 328 g/mol. The lowest BCUT2D eigenvalue weighted by Crippen LogP contribution is -2.37. The molecule has 4 nitrogen and oxygen atoms in total. The van der Waals surface area contributed by atoms with Gasteiger partial charge in [-0.3, -0.25) is 0 Å². The summed E-state index contributed by atoms with van der Waals surface area (Å²) in [6, 6.07) is 5.80. The lowest BCUT2D eigenvalue weighted by Gasteiger charge is -2.31. The minimum atomic E-state index is -0.778. The fourth-order valence-corrected chi connectivity index (χ4v) is 3.31. The zero-order valence-corrected chi connectivity index (χ0v) is 12.6. The Labute approximate surface area is 121 Å². The maximum absolute atomic E-state index is 6.10. The molecule has 0 amide bonds. The molecule has 3 unspecified atom stereocenters. The zero-order chi connectivity index (χ0) is 13.5. The summed E-state index contributed by atoms with van der Waals surface area (Å²) in [5, 5.41) is 0. The largest absolute Gasteiger partial charge is 0.493 e. The molecule has 0 aliphatic carbocycles. The number of halogens is 1. The van der Waals surface area contributed by atoms with E-state index in [9.17, 15) is 0 Å². The first-order valence-electron chi connectivity index (χ1n) is 6.43. The quantitative estimate of drug-likeness (QED) is 0.743. The number of ether oxygens (including phenoxy) is 4. The third kappa shape index (κ3) is 2.04. The lowest BCUT2D eigenvalue weighted by atomic mass is 10.00. The standard InChI is InChI=1S/C14H17BrO4/c1-9-8-18-14(19-9)10-4-3-5-11(16-2)13(10)17-7-6-12(14)15/h3-5,9,12H,6-8H2,1-2H3. The van der Waals surface area contributed by atoms with Crippen molar-refractivity contribution in [3.8, 4) is 11.5 Å². The summed E-state index contributed by atoms with van der Waals surface area (Å²) in [5.74, 6) is 0.658. The number of methoxy groups -OCH3 is 1. The molecular weight excluding hydrogens is 312 g/mol. The summed E-state index contributed by atoms with van der Waals surface area (Å²) >= 11 is 3.70. The Kier molecular flexibility index (Phi) is 3.45. The average molecular weight is 329 g/mol. The Morgan fingerprint density at radius 3 is 2.95 bits per heavy atom. The summed E-state index contributed by atoms with van der Waals surface area (Å²) in [6.45, 7) is 3.20. The highest BCUT2D eigenvalue weighted by Gasteiger charge is 2.50. The minimum absolute atomic E-state index is 0.0540. The highest BCUT2D eigenvalue weighted by atomic mass is 79.9. The maximum Gasteiger partial charge on any atom is 0.212 e. The summed E-state index contributed by atoms with van der Waals surface area (Å²) in [4.78, 5) is 0.0540. The summed E-state index contributed by atoms with van der Waals surface area (Å²) < 4.78 is 23.3. The molecule has 0 bridgehead atoms. The fourth-order valence-electron chi connectivity index (χ4n) is 2.64. The van der Waals surface area contributed by atoms with E-state index in [4.69, 9.17) is 18.9 Å². The number of rotatable bonds is 1. The maximum atomic E-state index is 6.10. The molecule has 3 atom stereocenters. The van der Waals surface area contributed by atoms with Gasteiger partial charge in [-0.2, -0.15) is 0 Å². The molecule has 1 spiro atoms.